The van der Waals surface area contributed by atoms with Crippen LogP contribution in [0.3, 0.4) is 0 Å². The van der Waals surface area contributed by atoms with Crippen molar-refractivity contribution in [2.45, 2.75) is 25.5 Å². The van der Waals surface area contributed by atoms with Gasteiger partial charge in [-0.25, -0.2) is 4.79 Å². The number of rotatable bonds is 6. The van der Waals surface area contributed by atoms with Gasteiger partial charge in [0.2, 0.25) is 5.91 Å². The molecule has 5 nitrogen and oxygen atoms in total. The lowest BCUT2D eigenvalue weighted by Gasteiger charge is -2.34. The van der Waals surface area contributed by atoms with E-state index in [1.54, 1.807) is 4.90 Å². The molecule has 0 radical (unpaired) electrons. The Morgan fingerprint density at radius 3 is 2.12 bits per heavy atom. The SMILES string of the molecule is O=C(NC(Cc1ccccc1)C(=O)N1CCC1)OCc1ccccc1. The second kappa shape index (κ2) is 8.33. The number of alkyl carbamates (subject to hydrolysis) is 1. The molecule has 0 aromatic heterocycles. The topological polar surface area (TPSA) is 58.6 Å². The highest BCUT2D eigenvalue weighted by Crippen LogP contribution is 2.12. The molecule has 2 aromatic rings. The number of hydrogen-bond donors (Lipinski definition) is 1. The number of nitrogens with one attached hydrogen (secondary N) is 1. The third-order valence-electron chi connectivity index (χ3n) is 4.25. The van der Waals surface area contributed by atoms with Gasteiger partial charge in [0.1, 0.15) is 12.6 Å². The summed E-state index contributed by atoms with van der Waals surface area (Å²) in [5.41, 5.74) is 1.91. The van der Waals surface area contributed by atoms with E-state index in [9.17, 15) is 9.59 Å². The fraction of sp³-hybridized carbons (Fsp3) is 0.300. The van der Waals surface area contributed by atoms with Crippen molar-refractivity contribution in [2.75, 3.05) is 13.1 Å². The van der Waals surface area contributed by atoms with E-state index in [0.29, 0.717) is 6.42 Å². The number of carbonyl (C=O) groups is 2. The summed E-state index contributed by atoms with van der Waals surface area (Å²) in [5.74, 6) is -0.0493. The van der Waals surface area contributed by atoms with Crippen molar-refractivity contribution in [1.29, 1.82) is 0 Å². The minimum Gasteiger partial charge on any atom is -0.445 e. The molecule has 0 aliphatic carbocycles. The fourth-order valence-electron chi connectivity index (χ4n) is 2.71. The molecule has 1 unspecified atom stereocenters. The smallest absolute Gasteiger partial charge is 0.408 e. The van der Waals surface area contributed by atoms with Gasteiger partial charge in [-0.05, 0) is 17.5 Å². The Kier molecular flexibility index (Phi) is 5.67. The molecule has 2 aromatic carbocycles. The van der Waals surface area contributed by atoms with E-state index in [1.165, 1.54) is 0 Å². The Morgan fingerprint density at radius 2 is 1.56 bits per heavy atom. The van der Waals surface area contributed by atoms with E-state index in [0.717, 1.165) is 30.6 Å². The fourth-order valence-corrected chi connectivity index (χ4v) is 2.71. The minimum absolute atomic E-state index is 0.0493. The summed E-state index contributed by atoms with van der Waals surface area (Å²) in [7, 11) is 0. The normalized spacial score (nSPS) is 14.3. The van der Waals surface area contributed by atoms with E-state index in [4.69, 9.17) is 4.74 Å². The third kappa shape index (κ3) is 4.83. The number of hydrogen-bond acceptors (Lipinski definition) is 3. The molecule has 130 valence electrons. The largest absolute Gasteiger partial charge is 0.445 e. The maximum atomic E-state index is 12.6. The minimum atomic E-state index is -0.606. The first-order chi connectivity index (χ1) is 12.2. The van der Waals surface area contributed by atoms with Crippen LogP contribution in [0, 0.1) is 0 Å². The van der Waals surface area contributed by atoms with Crippen LogP contribution in [0.4, 0.5) is 4.79 Å². The lowest BCUT2D eigenvalue weighted by atomic mass is 10.0. The standard InChI is InChI=1S/C20H22N2O3/c23-19(22-12-7-13-22)18(14-16-8-3-1-4-9-16)21-20(24)25-15-17-10-5-2-6-11-17/h1-6,8-11,18H,7,12-15H2,(H,21,24). The molecule has 1 N–H and O–H groups in total. The van der Waals surface area contributed by atoms with Gasteiger partial charge in [-0.1, -0.05) is 60.7 Å². The zero-order valence-corrected chi connectivity index (χ0v) is 14.1. The van der Waals surface area contributed by atoms with Crippen molar-refractivity contribution in [1.82, 2.24) is 10.2 Å². The molecule has 1 saturated heterocycles. The van der Waals surface area contributed by atoms with Crippen LogP contribution in [-0.2, 0) is 22.6 Å². The van der Waals surface area contributed by atoms with Crippen LogP contribution in [0.5, 0.6) is 0 Å². The second-order valence-corrected chi connectivity index (χ2v) is 6.13. The summed E-state index contributed by atoms with van der Waals surface area (Å²) >= 11 is 0. The summed E-state index contributed by atoms with van der Waals surface area (Å²) in [6.07, 6.45) is 0.900. The Morgan fingerprint density at radius 1 is 0.960 bits per heavy atom. The van der Waals surface area contributed by atoms with Crippen LogP contribution in [-0.4, -0.2) is 36.0 Å². The molecule has 1 fully saturated rings. The van der Waals surface area contributed by atoms with Crippen molar-refractivity contribution in [2.24, 2.45) is 0 Å². The summed E-state index contributed by atoms with van der Waals surface area (Å²) in [6, 6.07) is 18.5. The summed E-state index contributed by atoms with van der Waals surface area (Å²) in [4.78, 5) is 26.5. The molecule has 5 heteroatoms. The molecular formula is C20H22N2O3. The maximum Gasteiger partial charge on any atom is 0.408 e. The molecule has 0 saturated carbocycles. The molecule has 25 heavy (non-hydrogen) atoms. The van der Waals surface area contributed by atoms with Gasteiger partial charge in [-0.15, -0.1) is 0 Å². The molecule has 2 amide bonds. The number of amides is 2. The van der Waals surface area contributed by atoms with Gasteiger partial charge in [0, 0.05) is 19.5 Å². The highest BCUT2D eigenvalue weighted by atomic mass is 16.5. The Balaban J connectivity index is 1.60. The lowest BCUT2D eigenvalue weighted by molar-refractivity contribution is -0.136. The first-order valence-electron chi connectivity index (χ1n) is 8.52. The van der Waals surface area contributed by atoms with Crippen LogP contribution in [0.15, 0.2) is 60.7 Å². The average molecular weight is 338 g/mol. The molecule has 0 bridgehead atoms. The number of likely N-dealkylation sites (tertiary alicyclic amines) is 1. The monoisotopic (exact) mass is 338 g/mol. The van der Waals surface area contributed by atoms with E-state index in [-0.39, 0.29) is 12.5 Å². The summed E-state index contributed by atoms with van der Waals surface area (Å²) < 4.78 is 5.26. The molecule has 0 spiro atoms. The molecule has 1 aliphatic heterocycles. The summed E-state index contributed by atoms with van der Waals surface area (Å²) in [5, 5.41) is 2.73. The van der Waals surface area contributed by atoms with E-state index < -0.39 is 12.1 Å². The van der Waals surface area contributed by atoms with Crippen molar-refractivity contribution in [3.05, 3.63) is 71.8 Å². The Hall–Kier alpha value is -2.82. The van der Waals surface area contributed by atoms with Crippen LogP contribution in [0.1, 0.15) is 17.5 Å². The number of carbonyl (C=O) groups excluding carboxylic acids is 2. The number of nitrogens with zero attached hydrogens (tertiary/aromatic N) is 1. The molecule has 1 heterocycles. The zero-order valence-electron chi connectivity index (χ0n) is 14.1. The van der Waals surface area contributed by atoms with Gasteiger partial charge in [-0.3, -0.25) is 4.79 Å². The van der Waals surface area contributed by atoms with Crippen molar-refractivity contribution >= 4 is 12.0 Å². The quantitative estimate of drug-likeness (QED) is 0.881. The van der Waals surface area contributed by atoms with Gasteiger partial charge in [0.25, 0.3) is 0 Å². The number of ether oxygens (including phenoxy) is 1. The summed E-state index contributed by atoms with van der Waals surface area (Å²) in [6.45, 7) is 1.69. The zero-order chi connectivity index (χ0) is 17.5. The van der Waals surface area contributed by atoms with Crippen LogP contribution >= 0.6 is 0 Å². The molecule has 1 atom stereocenters. The Bertz CT molecular complexity index is 699. The van der Waals surface area contributed by atoms with E-state index in [2.05, 4.69) is 5.32 Å². The first kappa shape index (κ1) is 17.0. The molecular weight excluding hydrogens is 316 g/mol. The van der Waals surface area contributed by atoms with Gasteiger partial charge in [-0.2, -0.15) is 0 Å². The van der Waals surface area contributed by atoms with E-state index in [1.807, 2.05) is 60.7 Å². The van der Waals surface area contributed by atoms with Gasteiger partial charge >= 0.3 is 6.09 Å². The Labute approximate surface area is 147 Å². The highest BCUT2D eigenvalue weighted by Gasteiger charge is 2.29. The van der Waals surface area contributed by atoms with Crippen LogP contribution in [0.2, 0.25) is 0 Å². The second-order valence-electron chi connectivity index (χ2n) is 6.13. The van der Waals surface area contributed by atoms with Crippen molar-refractivity contribution < 1.29 is 14.3 Å². The highest BCUT2D eigenvalue weighted by molar-refractivity contribution is 5.86. The van der Waals surface area contributed by atoms with Crippen molar-refractivity contribution in [3.63, 3.8) is 0 Å². The third-order valence-corrected chi connectivity index (χ3v) is 4.25. The van der Waals surface area contributed by atoms with Gasteiger partial charge in [0.15, 0.2) is 0 Å². The van der Waals surface area contributed by atoms with Gasteiger partial charge in [0.05, 0.1) is 0 Å². The number of benzene rings is 2. The maximum absolute atomic E-state index is 12.6. The first-order valence-corrected chi connectivity index (χ1v) is 8.52. The lowest BCUT2D eigenvalue weighted by Crippen LogP contribution is -2.53. The van der Waals surface area contributed by atoms with Crippen LogP contribution in [0.25, 0.3) is 0 Å². The predicted octanol–water partition coefficient (Wildman–Crippen LogP) is 2.76. The molecule has 3 rings (SSSR count). The van der Waals surface area contributed by atoms with E-state index >= 15 is 0 Å². The van der Waals surface area contributed by atoms with Gasteiger partial charge < -0.3 is 15.0 Å². The average Bonchev–Trinajstić information content (AvgIpc) is 2.60. The predicted molar refractivity (Wildman–Crippen MR) is 94.9 cm³/mol. The van der Waals surface area contributed by atoms with Crippen molar-refractivity contribution in [3.8, 4) is 0 Å². The molecule has 1 aliphatic rings. The van der Waals surface area contributed by atoms with Crippen LogP contribution < -0.4 is 5.32 Å².